The molecule has 0 saturated heterocycles. The van der Waals surface area contributed by atoms with Crippen molar-refractivity contribution in [1.82, 2.24) is 9.97 Å². The van der Waals surface area contributed by atoms with Gasteiger partial charge in [-0.1, -0.05) is 0 Å². The molecule has 1 aromatic heterocycles. The first-order chi connectivity index (χ1) is 6.41. The van der Waals surface area contributed by atoms with Gasteiger partial charge < -0.3 is 0 Å². The van der Waals surface area contributed by atoms with Crippen molar-refractivity contribution in [3.05, 3.63) is 24.8 Å². The van der Waals surface area contributed by atoms with Crippen molar-refractivity contribution in [3.63, 3.8) is 0 Å². The summed E-state index contributed by atoms with van der Waals surface area (Å²) in [6.07, 6.45) is 7.21. The average molecular weight is 196 g/mol. The normalized spacial score (nSPS) is 6.77. The average Bonchev–Trinajstić information content (AvgIpc) is 2.22. The standard InChI is InChI=1S/C4H4N2.C2N2O2S/c1-2-5-4-6-3-1;5-1-3-7-4-2-6/h1-4H;. The van der Waals surface area contributed by atoms with Crippen LogP contribution in [0.15, 0.2) is 33.6 Å². The highest BCUT2D eigenvalue weighted by atomic mass is 32.2. The summed E-state index contributed by atoms with van der Waals surface area (Å²) < 4.78 is 5.69. The molecule has 1 aromatic rings. The third-order valence-corrected chi connectivity index (χ3v) is 0.946. The highest BCUT2D eigenvalue weighted by Gasteiger charge is 1.66. The second-order valence-corrected chi connectivity index (χ2v) is 1.88. The molecular formula is C6H4N4O2S. The van der Waals surface area contributed by atoms with Gasteiger partial charge in [-0.05, 0) is 6.07 Å². The quantitative estimate of drug-likeness (QED) is 0.395. The number of nitrogens with zero attached hydrogens (tertiary/aromatic N) is 4. The van der Waals surface area contributed by atoms with Crippen molar-refractivity contribution in [3.8, 4) is 0 Å². The molecule has 0 amide bonds. The summed E-state index contributed by atoms with van der Waals surface area (Å²) >= 11 is 0.456. The Morgan fingerprint density at radius 2 is 1.62 bits per heavy atom. The minimum absolute atomic E-state index is 0.456. The Morgan fingerprint density at radius 1 is 1.08 bits per heavy atom. The molecule has 0 aromatic carbocycles. The third kappa shape index (κ3) is 10.2. The predicted octanol–water partition coefficient (Wildman–Crippen LogP) is 0.698. The van der Waals surface area contributed by atoms with Gasteiger partial charge in [-0.25, -0.2) is 19.6 Å². The molecule has 0 aliphatic carbocycles. The van der Waals surface area contributed by atoms with Crippen LogP contribution in [0.25, 0.3) is 0 Å². The maximum Gasteiger partial charge on any atom is 0.249 e. The topological polar surface area (TPSA) is 84.6 Å². The zero-order valence-corrected chi connectivity index (χ0v) is 7.14. The van der Waals surface area contributed by atoms with Gasteiger partial charge in [-0.3, -0.25) is 0 Å². The first kappa shape index (κ1) is 11.2. The van der Waals surface area contributed by atoms with Crippen LogP contribution in [-0.4, -0.2) is 22.1 Å². The molecule has 0 aliphatic rings. The molecule has 0 N–H and O–H groups in total. The summed E-state index contributed by atoms with van der Waals surface area (Å²) in [5.41, 5.74) is 0. The summed E-state index contributed by atoms with van der Waals surface area (Å²) in [6, 6.07) is 1.78. The molecule has 1 rings (SSSR count). The summed E-state index contributed by atoms with van der Waals surface area (Å²) in [7, 11) is 0. The third-order valence-electron chi connectivity index (χ3n) is 0.634. The van der Waals surface area contributed by atoms with E-state index < -0.39 is 0 Å². The van der Waals surface area contributed by atoms with Crippen LogP contribution in [-0.2, 0) is 9.59 Å². The Kier molecular flexibility index (Phi) is 8.77. The molecule has 13 heavy (non-hydrogen) atoms. The van der Waals surface area contributed by atoms with Gasteiger partial charge in [0.15, 0.2) is 0 Å². The summed E-state index contributed by atoms with van der Waals surface area (Å²) in [4.78, 5) is 25.7. The van der Waals surface area contributed by atoms with Crippen molar-refractivity contribution in [1.29, 1.82) is 0 Å². The van der Waals surface area contributed by atoms with Gasteiger partial charge in [-0.15, -0.1) is 8.80 Å². The molecule has 0 saturated carbocycles. The van der Waals surface area contributed by atoms with Crippen molar-refractivity contribution in [2.75, 3.05) is 0 Å². The van der Waals surface area contributed by atoms with E-state index in [9.17, 15) is 9.59 Å². The maximum atomic E-state index is 9.18. The number of rotatable bonds is 2. The molecule has 0 bridgehead atoms. The lowest BCUT2D eigenvalue weighted by Crippen LogP contribution is -1.66. The minimum Gasteiger partial charge on any atom is -0.245 e. The number of aromatic nitrogens is 2. The Morgan fingerprint density at radius 3 is 1.85 bits per heavy atom. The Hall–Kier alpha value is -1.81. The van der Waals surface area contributed by atoms with Crippen LogP contribution in [0.2, 0.25) is 0 Å². The Balaban J connectivity index is 0.000000223. The SMILES string of the molecule is O=C=NSN=C=O.c1cncnc1. The molecule has 6 nitrogen and oxygen atoms in total. The minimum atomic E-state index is 0.456. The number of hydrogen-bond acceptors (Lipinski definition) is 7. The van der Waals surface area contributed by atoms with E-state index in [0.717, 1.165) is 0 Å². The monoisotopic (exact) mass is 196 g/mol. The molecule has 0 spiro atoms. The van der Waals surface area contributed by atoms with E-state index >= 15 is 0 Å². The maximum absolute atomic E-state index is 9.18. The van der Waals surface area contributed by atoms with E-state index in [-0.39, 0.29) is 0 Å². The lowest BCUT2D eigenvalue weighted by Gasteiger charge is -1.70. The summed E-state index contributed by atoms with van der Waals surface area (Å²) in [6.45, 7) is 0. The lowest BCUT2D eigenvalue weighted by atomic mass is 10.7. The number of carbonyl (C=O) groups excluding carboxylic acids is 2. The molecule has 1 heterocycles. The Bertz CT molecular complexity index is 263. The van der Waals surface area contributed by atoms with Gasteiger partial charge in [-0.2, -0.15) is 0 Å². The number of isocyanates is 2. The smallest absolute Gasteiger partial charge is 0.245 e. The largest absolute Gasteiger partial charge is 0.249 e. The molecule has 0 unspecified atom stereocenters. The van der Waals surface area contributed by atoms with Crippen molar-refractivity contribution in [2.45, 2.75) is 0 Å². The second-order valence-electron chi connectivity index (χ2n) is 1.35. The van der Waals surface area contributed by atoms with Crippen LogP contribution >= 0.6 is 12.1 Å². The van der Waals surface area contributed by atoms with Crippen LogP contribution in [0, 0.1) is 0 Å². The molecule has 7 heteroatoms. The fourth-order valence-corrected chi connectivity index (χ4v) is 0.415. The summed E-state index contributed by atoms with van der Waals surface area (Å²) in [5, 5.41) is 0. The van der Waals surface area contributed by atoms with Crippen LogP contribution < -0.4 is 0 Å². The van der Waals surface area contributed by atoms with E-state index in [1.165, 1.54) is 18.5 Å². The highest BCUT2D eigenvalue weighted by Crippen LogP contribution is 1.96. The molecule has 66 valence electrons. The van der Waals surface area contributed by atoms with E-state index in [1.807, 2.05) is 0 Å². The van der Waals surface area contributed by atoms with Crippen LogP contribution in [0.5, 0.6) is 0 Å². The van der Waals surface area contributed by atoms with E-state index in [1.54, 1.807) is 18.5 Å². The fraction of sp³-hybridized carbons (Fsp3) is 0. The molecule has 0 fully saturated rings. The van der Waals surface area contributed by atoms with Gasteiger partial charge in [0, 0.05) is 12.4 Å². The first-order valence-electron chi connectivity index (χ1n) is 2.92. The van der Waals surface area contributed by atoms with Crippen LogP contribution in [0.4, 0.5) is 0 Å². The van der Waals surface area contributed by atoms with E-state index in [0.29, 0.717) is 12.1 Å². The first-order valence-corrected chi connectivity index (χ1v) is 3.65. The molecular weight excluding hydrogens is 192 g/mol. The predicted molar refractivity (Wildman–Crippen MR) is 45.9 cm³/mol. The Labute approximate surface area is 78.1 Å². The van der Waals surface area contributed by atoms with Gasteiger partial charge >= 0.3 is 0 Å². The molecule has 0 atom stereocenters. The second kappa shape index (κ2) is 10.2. The molecule has 0 radical (unpaired) electrons. The molecule has 0 aliphatic heterocycles. The van der Waals surface area contributed by atoms with Crippen molar-refractivity contribution < 1.29 is 9.59 Å². The highest BCUT2D eigenvalue weighted by molar-refractivity contribution is 7.96. The van der Waals surface area contributed by atoms with Crippen LogP contribution in [0.3, 0.4) is 0 Å². The number of hydrogen-bond donors (Lipinski definition) is 0. The lowest BCUT2D eigenvalue weighted by molar-refractivity contribution is 0.566. The van der Waals surface area contributed by atoms with Gasteiger partial charge in [0.2, 0.25) is 12.2 Å². The van der Waals surface area contributed by atoms with E-state index in [2.05, 4.69) is 18.8 Å². The van der Waals surface area contributed by atoms with Crippen molar-refractivity contribution >= 4 is 24.3 Å². The zero-order valence-electron chi connectivity index (χ0n) is 6.32. The van der Waals surface area contributed by atoms with Crippen molar-refractivity contribution in [2.24, 2.45) is 8.80 Å². The van der Waals surface area contributed by atoms with Gasteiger partial charge in [0.05, 0.1) is 0 Å². The van der Waals surface area contributed by atoms with Crippen LogP contribution in [0.1, 0.15) is 0 Å². The van der Waals surface area contributed by atoms with Gasteiger partial charge in [0.25, 0.3) is 0 Å². The fourth-order valence-electron chi connectivity index (χ4n) is 0.307. The van der Waals surface area contributed by atoms with Gasteiger partial charge in [0.1, 0.15) is 18.5 Å². The summed E-state index contributed by atoms with van der Waals surface area (Å²) in [5.74, 6) is 0. The van der Waals surface area contributed by atoms with E-state index in [4.69, 9.17) is 0 Å². The zero-order chi connectivity index (χ0) is 9.78.